The summed E-state index contributed by atoms with van der Waals surface area (Å²) in [6.07, 6.45) is 0. The van der Waals surface area contributed by atoms with Crippen molar-refractivity contribution in [3.63, 3.8) is 0 Å². The molecular weight excluding hydrogens is 332 g/mol. The van der Waals surface area contributed by atoms with E-state index in [9.17, 15) is 13.2 Å². The summed E-state index contributed by atoms with van der Waals surface area (Å²) in [5.74, 6) is 0.436. The van der Waals surface area contributed by atoms with Crippen LogP contribution in [0.1, 0.15) is 5.56 Å². The standard InChI is InChI=1S/C16H18N2O5S/c1-12-3-5-14(6-4-12)23-11-16(19)17-18-24(20,21)15-9-7-13(22-2)8-10-15/h3-10,18H,11H2,1-2H3,(H,17,19). The van der Waals surface area contributed by atoms with Crippen LogP contribution in [0.5, 0.6) is 11.5 Å². The van der Waals surface area contributed by atoms with Crippen molar-refractivity contribution >= 4 is 15.9 Å². The zero-order valence-electron chi connectivity index (χ0n) is 13.3. The molecule has 0 aliphatic rings. The molecule has 0 atom stereocenters. The van der Waals surface area contributed by atoms with Crippen LogP contribution in [-0.4, -0.2) is 28.0 Å². The zero-order chi connectivity index (χ0) is 17.6. The van der Waals surface area contributed by atoms with Gasteiger partial charge in [0.1, 0.15) is 11.5 Å². The number of carbonyl (C=O) groups is 1. The Morgan fingerprint density at radius 1 is 1.00 bits per heavy atom. The maximum atomic E-state index is 12.0. The highest BCUT2D eigenvalue weighted by Gasteiger charge is 2.15. The highest BCUT2D eigenvalue weighted by Crippen LogP contribution is 2.15. The summed E-state index contributed by atoms with van der Waals surface area (Å²) in [5.41, 5.74) is 3.17. The second kappa shape index (κ2) is 7.80. The van der Waals surface area contributed by atoms with Crippen LogP contribution in [0.4, 0.5) is 0 Å². The van der Waals surface area contributed by atoms with E-state index in [1.807, 2.05) is 23.9 Å². The maximum Gasteiger partial charge on any atom is 0.272 e. The van der Waals surface area contributed by atoms with Gasteiger partial charge in [0, 0.05) is 0 Å². The minimum Gasteiger partial charge on any atom is -0.497 e. The molecule has 0 fully saturated rings. The van der Waals surface area contributed by atoms with Gasteiger partial charge in [-0.15, -0.1) is 4.83 Å². The van der Waals surface area contributed by atoms with Gasteiger partial charge >= 0.3 is 0 Å². The SMILES string of the molecule is COc1ccc(S(=O)(=O)NNC(=O)COc2ccc(C)cc2)cc1. The molecule has 8 heteroatoms. The van der Waals surface area contributed by atoms with Crippen molar-refractivity contribution in [3.05, 3.63) is 54.1 Å². The molecule has 0 saturated heterocycles. The lowest BCUT2D eigenvalue weighted by molar-refractivity contribution is -0.123. The number of carbonyl (C=O) groups excluding carboxylic acids is 1. The lowest BCUT2D eigenvalue weighted by Gasteiger charge is -2.10. The molecule has 0 aliphatic carbocycles. The molecule has 128 valence electrons. The van der Waals surface area contributed by atoms with Crippen molar-refractivity contribution < 1.29 is 22.7 Å². The molecule has 1 amide bonds. The number of sulfonamides is 1. The molecule has 0 aromatic heterocycles. The molecule has 2 aromatic carbocycles. The molecule has 24 heavy (non-hydrogen) atoms. The molecule has 0 radical (unpaired) electrons. The minimum atomic E-state index is -3.86. The molecule has 2 aromatic rings. The van der Waals surface area contributed by atoms with Crippen LogP contribution in [0.15, 0.2) is 53.4 Å². The Labute approximate surface area is 140 Å². The summed E-state index contributed by atoms with van der Waals surface area (Å²) in [6, 6.07) is 12.9. The lowest BCUT2D eigenvalue weighted by Crippen LogP contribution is -2.43. The maximum absolute atomic E-state index is 12.0. The number of nitrogens with one attached hydrogen (secondary N) is 2. The van der Waals surface area contributed by atoms with E-state index in [2.05, 4.69) is 5.43 Å². The summed E-state index contributed by atoms with van der Waals surface area (Å²) >= 11 is 0. The quantitative estimate of drug-likeness (QED) is 0.736. The van der Waals surface area contributed by atoms with Gasteiger partial charge in [-0.1, -0.05) is 17.7 Å². The molecule has 0 saturated carbocycles. The number of amides is 1. The summed E-state index contributed by atoms with van der Waals surface area (Å²) in [5, 5.41) is 0. The number of hydrogen-bond donors (Lipinski definition) is 2. The fourth-order valence-corrected chi connectivity index (χ4v) is 2.62. The van der Waals surface area contributed by atoms with Gasteiger partial charge in [-0.05, 0) is 43.3 Å². The first-order valence-corrected chi connectivity index (χ1v) is 8.53. The molecule has 2 N–H and O–H groups in total. The van der Waals surface area contributed by atoms with Gasteiger partial charge in [-0.3, -0.25) is 10.2 Å². The van der Waals surface area contributed by atoms with Crippen LogP contribution in [0.3, 0.4) is 0 Å². The summed E-state index contributed by atoms with van der Waals surface area (Å²) < 4.78 is 34.3. The van der Waals surface area contributed by atoms with Crippen LogP contribution in [0.25, 0.3) is 0 Å². The predicted molar refractivity (Wildman–Crippen MR) is 88.1 cm³/mol. The molecular formula is C16H18N2O5S. The van der Waals surface area contributed by atoms with Crippen LogP contribution < -0.4 is 19.7 Å². The number of ether oxygens (including phenoxy) is 2. The zero-order valence-corrected chi connectivity index (χ0v) is 14.1. The van der Waals surface area contributed by atoms with E-state index in [1.54, 1.807) is 12.1 Å². The molecule has 0 spiro atoms. The Bertz CT molecular complexity index is 786. The third kappa shape index (κ3) is 4.97. The van der Waals surface area contributed by atoms with Crippen LogP contribution in [0.2, 0.25) is 0 Å². The van der Waals surface area contributed by atoms with Crippen LogP contribution in [-0.2, 0) is 14.8 Å². The van der Waals surface area contributed by atoms with Gasteiger partial charge in [-0.2, -0.15) is 0 Å². The molecule has 0 aliphatic heterocycles. The average molecular weight is 350 g/mol. The van der Waals surface area contributed by atoms with Gasteiger partial charge in [0.25, 0.3) is 15.9 Å². The largest absolute Gasteiger partial charge is 0.497 e. The Morgan fingerprint density at radius 2 is 1.58 bits per heavy atom. The summed E-state index contributed by atoms with van der Waals surface area (Å²) in [4.78, 5) is 13.7. The second-order valence-electron chi connectivity index (χ2n) is 4.93. The molecule has 2 rings (SSSR count). The van der Waals surface area contributed by atoms with Crippen molar-refractivity contribution in [2.45, 2.75) is 11.8 Å². The minimum absolute atomic E-state index is 0.00283. The van der Waals surface area contributed by atoms with Crippen molar-refractivity contribution in [2.24, 2.45) is 0 Å². The Kier molecular flexibility index (Phi) is 5.78. The van der Waals surface area contributed by atoms with Crippen molar-refractivity contribution in [1.29, 1.82) is 0 Å². The van der Waals surface area contributed by atoms with Gasteiger partial charge in [0.15, 0.2) is 6.61 Å². The van der Waals surface area contributed by atoms with Crippen LogP contribution in [0, 0.1) is 6.92 Å². The normalized spacial score (nSPS) is 10.9. The third-order valence-electron chi connectivity index (χ3n) is 3.09. The fourth-order valence-electron chi connectivity index (χ4n) is 1.76. The smallest absolute Gasteiger partial charge is 0.272 e. The Morgan fingerprint density at radius 3 is 2.17 bits per heavy atom. The Hall–Kier alpha value is -2.58. The van der Waals surface area contributed by atoms with Gasteiger partial charge in [0.2, 0.25) is 0 Å². The highest BCUT2D eigenvalue weighted by molar-refractivity contribution is 7.89. The van der Waals surface area contributed by atoms with Gasteiger partial charge in [0.05, 0.1) is 12.0 Å². The van der Waals surface area contributed by atoms with E-state index in [0.29, 0.717) is 11.5 Å². The number of methoxy groups -OCH3 is 1. The van der Waals surface area contributed by atoms with Gasteiger partial charge in [-0.25, -0.2) is 8.42 Å². The van der Waals surface area contributed by atoms with E-state index in [0.717, 1.165) is 5.56 Å². The van der Waals surface area contributed by atoms with E-state index < -0.39 is 15.9 Å². The topological polar surface area (TPSA) is 93.7 Å². The fraction of sp³-hybridized carbons (Fsp3) is 0.188. The van der Waals surface area contributed by atoms with Crippen LogP contribution >= 0.6 is 0 Å². The number of hydrogen-bond acceptors (Lipinski definition) is 5. The van der Waals surface area contributed by atoms with E-state index >= 15 is 0 Å². The Balaban J connectivity index is 1.86. The number of hydrazine groups is 1. The van der Waals surface area contributed by atoms with Crippen molar-refractivity contribution in [2.75, 3.05) is 13.7 Å². The predicted octanol–water partition coefficient (Wildman–Crippen LogP) is 1.39. The summed E-state index contributed by atoms with van der Waals surface area (Å²) in [6.45, 7) is 1.62. The number of rotatable bonds is 7. The summed E-state index contributed by atoms with van der Waals surface area (Å²) in [7, 11) is -2.38. The first-order valence-electron chi connectivity index (χ1n) is 7.05. The number of aryl methyl sites for hydroxylation is 1. The molecule has 7 nitrogen and oxygen atoms in total. The second-order valence-corrected chi connectivity index (χ2v) is 6.61. The molecule has 0 heterocycles. The highest BCUT2D eigenvalue weighted by atomic mass is 32.2. The van der Waals surface area contributed by atoms with E-state index in [-0.39, 0.29) is 11.5 Å². The molecule has 0 bridgehead atoms. The van der Waals surface area contributed by atoms with Crippen molar-refractivity contribution in [1.82, 2.24) is 10.3 Å². The van der Waals surface area contributed by atoms with E-state index in [4.69, 9.17) is 9.47 Å². The lowest BCUT2D eigenvalue weighted by atomic mass is 10.2. The monoisotopic (exact) mass is 350 g/mol. The first-order chi connectivity index (χ1) is 11.4. The first kappa shape index (κ1) is 17.8. The van der Waals surface area contributed by atoms with Gasteiger partial charge < -0.3 is 9.47 Å². The third-order valence-corrected chi connectivity index (χ3v) is 4.35. The average Bonchev–Trinajstić information content (AvgIpc) is 2.59. The molecule has 0 unspecified atom stereocenters. The number of benzene rings is 2. The van der Waals surface area contributed by atoms with Crippen molar-refractivity contribution in [3.8, 4) is 11.5 Å². The van der Waals surface area contributed by atoms with E-state index in [1.165, 1.54) is 31.4 Å².